The Hall–Kier alpha value is -2.74. The van der Waals surface area contributed by atoms with E-state index in [4.69, 9.17) is 0 Å². The first-order chi connectivity index (χ1) is 12.4. The quantitative estimate of drug-likeness (QED) is 0.343. The summed E-state index contributed by atoms with van der Waals surface area (Å²) in [4.78, 5) is 0. The summed E-state index contributed by atoms with van der Waals surface area (Å²) < 4.78 is 54.2. The van der Waals surface area contributed by atoms with Gasteiger partial charge in [-0.2, -0.15) is 0 Å². The molecule has 0 fully saturated rings. The van der Waals surface area contributed by atoms with Crippen molar-refractivity contribution < 1.29 is 22.3 Å². The van der Waals surface area contributed by atoms with E-state index in [1.807, 2.05) is 12.2 Å². The molecule has 0 aliphatic carbocycles. The lowest BCUT2D eigenvalue weighted by atomic mass is 10.1. The van der Waals surface area contributed by atoms with E-state index < -0.39 is 12.2 Å². The number of hydrogen-bond donors (Lipinski definition) is 0. The fourth-order valence-corrected chi connectivity index (χ4v) is 2.16. The summed E-state index contributed by atoms with van der Waals surface area (Å²) in [5.74, 6) is 4.65. The summed E-state index contributed by atoms with van der Waals surface area (Å²) in [7, 11) is 0. The van der Waals surface area contributed by atoms with E-state index in [1.54, 1.807) is 12.1 Å². The molecule has 0 saturated heterocycles. The zero-order valence-electron chi connectivity index (χ0n) is 14.2. The van der Waals surface area contributed by atoms with Crippen molar-refractivity contribution in [1.29, 1.82) is 0 Å². The molecule has 0 bridgehead atoms. The highest BCUT2D eigenvalue weighted by Gasteiger charge is 2.30. The molecule has 0 aliphatic heterocycles. The number of halogens is 4. The summed E-state index contributed by atoms with van der Waals surface area (Å²) in [6.07, 6.45) is 2.30. The second-order valence-electron chi connectivity index (χ2n) is 5.61. The summed E-state index contributed by atoms with van der Waals surface area (Å²) in [5.41, 5.74) is 1.45. The molecule has 136 valence electrons. The average molecular weight is 362 g/mol. The van der Waals surface area contributed by atoms with E-state index in [-0.39, 0.29) is 11.3 Å². The van der Waals surface area contributed by atoms with Crippen molar-refractivity contribution in [2.75, 3.05) is 0 Å². The van der Waals surface area contributed by atoms with Crippen molar-refractivity contribution in [3.05, 3.63) is 71.0 Å². The minimum absolute atomic E-state index is 0.228. The van der Waals surface area contributed by atoms with Crippen LogP contribution in [0.25, 0.3) is 6.08 Å². The van der Waals surface area contributed by atoms with Crippen molar-refractivity contribution in [1.82, 2.24) is 0 Å². The van der Waals surface area contributed by atoms with Crippen molar-refractivity contribution in [3.63, 3.8) is 0 Å². The molecule has 0 amide bonds. The first-order valence-electron chi connectivity index (χ1n) is 8.21. The Labute approximate surface area is 150 Å². The predicted octanol–water partition coefficient (Wildman–Crippen LogP) is 6.33. The van der Waals surface area contributed by atoms with Crippen LogP contribution in [0.15, 0.2) is 48.5 Å². The number of rotatable bonds is 5. The van der Waals surface area contributed by atoms with Gasteiger partial charge in [0.25, 0.3) is 0 Å². The zero-order valence-corrected chi connectivity index (χ0v) is 14.2. The molecule has 5 heteroatoms. The molecule has 2 rings (SSSR count). The number of unbranched alkanes of at least 4 members (excludes halogenated alkanes) is 2. The monoisotopic (exact) mass is 362 g/mol. The SMILES string of the molecule is CCCC/C=C/c1ccc(C#Cc2ccc(OC(F)(F)F)cc2)c(F)c1. The number of allylic oxidation sites excluding steroid dienone is 1. The van der Waals surface area contributed by atoms with Crippen LogP contribution >= 0.6 is 0 Å². The van der Waals surface area contributed by atoms with Crippen molar-refractivity contribution in [2.24, 2.45) is 0 Å². The number of ether oxygens (including phenoxy) is 1. The van der Waals surface area contributed by atoms with Crippen LogP contribution in [-0.2, 0) is 0 Å². The third kappa shape index (κ3) is 6.64. The summed E-state index contributed by atoms with van der Waals surface area (Å²) in [5, 5.41) is 0. The fraction of sp³-hybridized carbons (Fsp3) is 0.238. The smallest absolute Gasteiger partial charge is 0.406 e. The number of alkyl halides is 3. The van der Waals surface area contributed by atoms with Crippen LogP contribution in [0.2, 0.25) is 0 Å². The maximum atomic E-state index is 14.1. The van der Waals surface area contributed by atoms with Gasteiger partial charge in [0.05, 0.1) is 5.56 Å². The van der Waals surface area contributed by atoms with Gasteiger partial charge in [0, 0.05) is 5.56 Å². The second-order valence-corrected chi connectivity index (χ2v) is 5.61. The molecular formula is C21H18F4O. The van der Waals surface area contributed by atoms with Crippen LogP contribution in [-0.4, -0.2) is 6.36 Å². The molecule has 0 heterocycles. The molecule has 0 aromatic heterocycles. The van der Waals surface area contributed by atoms with E-state index in [1.165, 1.54) is 18.2 Å². The maximum absolute atomic E-state index is 14.1. The van der Waals surface area contributed by atoms with E-state index in [0.29, 0.717) is 5.56 Å². The molecule has 0 radical (unpaired) electrons. The van der Waals surface area contributed by atoms with Crippen molar-refractivity contribution >= 4 is 6.08 Å². The molecule has 26 heavy (non-hydrogen) atoms. The van der Waals surface area contributed by atoms with Gasteiger partial charge in [-0.15, -0.1) is 13.2 Å². The summed E-state index contributed by atoms with van der Waals surface area (Å²) >= 11 is 0. The molecule has 0 spiro atoms. The van der Waals surface area contributed by atoms with Gasteiger partial charge in [-0.1, -0.05) is 49.8 Å². The lowest BCUT2D eigenvalue weighted by Crippen LogP contribution is -2.16. The minimum atomic E-state index is -4.73. The van der Waals surface area contributed by atoms with Crippen molar-refractivity contribution in [2.45, 2.75) is 32.5 Å². The first kappa shape index (κ1) is 19.6. The predicted molar refractivity (Wildman–Crippen MR) is 94.1 cm³/mol. The Morgan fingerprint density at radius 2 is 1.77 bits per heavy atom. The Balaban J connectivity index is 2.06. The highest BCUT2D eigenvalue weighted by Crippen LogP contribution is 2.22. The summed E-state index contributed by atoms with van der Waals surface area (Å²) in [6, 6.07) is 9.87. The van der Waals surface area contributed by atoms with Crippen LogP contribution in [0.5, 0.6) is 5.75 Å². The van der Waals surface area contributed by atoms with E-state index >= 15 is 0 Å². The molecule has 0 atom stereocenters. The van der Waals surface area contributed by atoms with Gasteiger partial charge in [0.2, 0.25) is 0 Å². The molecular weight excluding hydrogens is 344 g/mol. The standard InChI is InChI=1S/C21H18F4O/c1-2-3-4-5-6-17-8-12-18(20(22)15-17)11-7-16-9-13-19(14-10-16)26-21(23,24)25/h5-6,8-10,12-15H,2-4H2,1H3/b6-5+. The Morgan fingerprint density at radius 3 is 2.38 bits per heavy atom. The highest BCUT2D eigenvalue weighted by molar-refractivity contribution is 5.53. The summed E-state index contributed by atoms with van der Waals surface area (Å²) in [6.45, 7) is 2.11. The molecule has 0 aliphatic rings. The van der Waals surface area contributed by atoms with Gasteiger partial charge in [-0.25, -0.2) is 4.39 Å². The fourth-order valence-electron chi connectivity index (χ4n) is 2.16. The molecule has 0 N–H and O–H groups in total. The third-order valence-corrected chi connectivity index (χ3v) is 3.46. The Bertz CT molecular complexity index is 809. The molecule has 0 unspecified atom stereocenters. The van der Waals surface area contributed by atoms with Gasteiger partial charge in [0.15, 0.2) is 0 Å². The highest BCUT2D eigenvalue weighted by atomic mass is 19.4. The van der Waals surface area contributed by atoms with Gasteiger partial charge in [0.1, 0.15) is 11.6 Å². The van der Waals surface area contributed by atoms with Crippen LogP contribution in [0.3, 0.4) is 0 Å². The van der Waals surface area contributed by atoms with E-state index in [2.05, 4.69) is 23.5 Å². The molecule has 1 nitrogen and oxygen atoms in total. The lowest BCUT2D eigenvalue weighted by molar-refractivity contribution is -0.274. The molecule has 0 saturated carbocycles. The van der Waals surface area contributed by atoms with Crippen LogP contribution < -0.4 is 4.74 Å². The Morgan fingerprint density at radius 1 is 1.04 bits per heavy atom. The van der Waals surface area contributed by atoms with Gasteiger partial charge in [-0.3, -0.25) is 0 Å². The third-order valence-electron chi connectivity index (χ3n) is 3.46. The van der Waals surface area contributed by atoms with Gasteiger partial charge >= 0.3 is 6.36 Å². The van der Waals surface area contributed by atoms with E-state index in [0.717, 1.165) is 37.0 Å². The molecule has 2 aromatic carbocycles. The normalized spacial score (nSPS) is 11.3. The van der Waals surface area contributed by atoms with Gasteiger partial charge < -0.3 is 4.74 Å². The second kappa shape index (κ2) is 9.10. The van der Waals surface area contributed by atoms with Crippen LogP contribution in [0, 0.1) is 17.7 Å². The average Bonchev–Trinajstić information content (AvgIpc) is 2.58. The lowest BCUT2D eigenvalue weighted by Gasteiger charge is -2.07. The zero-order chi connectivity index (χ0) is 19.0. The molecule has 2 aromatic rings. The topological polar surface area (TPSA) is 9.23 Å². The maximum Gasteiger partial charge on any atom is 0.573 e. The number of benzene rings is 2. The largest absolute Gasteiger partial charge is 0.573 e. The van der Waals surface area contributed by atoms with Gasteiger partial charge in [-0.05, 0) is 48.4 Å². The first-order valence-corrected chi connectivity index (χ1v) is 8.21. The number of hydrogen-bond acceptors (Lipinski definition) is 1. The van der Waals surface area contributed by atoms with Crippen molar-refractivity contribution in [3.8, 4) is 17.6 Å². The Kier molecular flexibility index (Phi) is 6.85. The van der Waals surface area contributed by atoms with E-state index in [9.17, 15) is 17.6 Å². The van der Waals surface area contributed by atoms with Crippen LogP contribution in [0.1, 0.15) is 42.9 Å². The minimum Gasteiger partial charge on any atom is -0.406 e. The van der Waals surface area contributed by atoms with Crippen LogP contribution in [0.4, 0.5) is 17.6 Å².